The number of anilines is 1. The number of amides is 1. The highest BCUT2D eigenvalue weighted by atomic mass is 35.5. The van der Waals surface area contributed by atoms with Gasteiger partial charge in [-0.3, -0.25) is 4.79 Å². The Hall–Kier alpha value is -1.99. The molecule has 1 amide bonds. The van der Waals surface area contributed by atoms with Gasteiger partial charge in [-0.25, -0.2) is 4.68 Å². The van der Waals surface area contributed by atoms with Gasteiger partial charge < -0.3 is 10.6 Å². The van der Waals surface area contributed by atoms with E-state index in [2.05, 4.69) is 26.2 Å². The Balaban J connectivity index is 2.09. The zero-order valence-electron chi connectivity index (χ0n) is 11.9. The summed E-state index contributed by atoms with van der Waals surface area (Å²) in [6, 6.07) is 5.31. The molecule has 1 atom stereocenters. The molecule has 0 spiro atoms. The summed E-state index contributed by atoms with van der Waals surface area (Å²) in [4.78, 5) is 12.0. The Bertz CT molecular complexity index is 601. The van der Waals surface area contributed by atoms with Gasteiger partial charge in [0.2, 0.25) is 5.91 Å². The fraction of sp³-hybridized carbons (Fsp3) is 0.385. The van der Waals surface area contributed by atoms with Crippen molar-refractivity contribution < 1.29 is 4.79 Å². The van der Waals surface area contributed by atoms with Gasteiger partial charge in [0.25, 0.3) is 0 Å². The third-order valence-electron chi connectivity index (χ3n) is 2.88. The van der Waals surface area contributed by atoms with Crippen LogP contribution in [0, 0.1) is 0 Å². The summed E-state index contributed by atoms with van der Waals surface area (Å²) in [5, 5.41) is 17.4. The number of nitrogens with one attached hydrogen (secondary N) is 2. The van der Waals surface area contributed by atoms with E-state index in [0.29, 0.717) is 17.1 Å². The van der Waals surface area contributed by atoms with Gasteiger partial charge in [-0.1, -0.05) is 18.5 Å². The molecule has 0 aliphatic rings. The van der Waals surface area contributed by atoms with Gasteiger partial charge in [-0.2, -0.15) is 0 Å². The minimum Gasteiger partial charge on any atom is -0.325 e. The number of tetrazole rings is 1. The molecule has 0 fully saturated rings. The molecule has 1 heterocycles. The van der Waals surface area contributed by atoms with Crippen LogP contribution < -0.4 is 10.6 Å². The van der Waals surface area contributed by atoms with Crippen molar-refractivity contribution >= 4 is 23.2 Å². The van der Waals surface area contributed by atoms with Crippen molar-refractivity contribution in [3.8, 4) is 5.69 Å². The van der Waals surface area contributed by atoms with Crippen LogP contribution in [0.5, 0.6) is 0 Å². The van der Waals surface area contributed by atoms with Crippen molar-refractivity contribution in [2.45, 2.75) is 26.3 Å². The number of hydrogen-bond donors (Lipinski definition) is 2. The predicted molar refractivity (Wildman–Crippen MR) is 80.5 cm³/mol. The molecule has 0 aliphatic carbocycles. The van der Waals surface area contributed by atoms with Crippen molar-refractivity contribution in [3.05, 3.63) is 29.5 Å². The molecule has 21 heavy (non-hydrogen) atoms. The first kappa shape index (κ1) is 15.4. The Morgan fingerprint density at radius 3 is 2.95 bits per heavy atom. The molecule has 0 bridgehead atoms. The lowest BCUT2D eigenvalue weighted by Crippen LogP contribution is -2.30. The number of aromatic nitrogens is 4. The van der Waals surface area contributed by atoms with Crippen LogP contribution in [0.15, 0.2) is 24.5 Å². The van der Waals surface area contributed by atoms with Crippen LogP contribution >= 0.6 is 11.6 Å². The molecule has 112 valence electrons. The average molecular weight is 309 g/mol. The first-order valence-corrected chi connectivity index (χ1v) is 7.04. The first-order chi connectivity index (χ1) is 10.1. The van der Waals surface area contributed by atoms with Crippen molar-refractivity contribution in [2.75, 3.05) is 11.9 Å². The highest BCUT2D eigenvalue weighted by Gasteiger charge is 2.11. The number of hydrogen-bond acceptors (Lipinski definition) is 5. The lowest BCUT2D eigenvalue weighted by molar-refractivity contribution is -0.116. The molecule has 7 nitrogen and oxygen atoms in total. The molecule has 2 N–H and O–H groups in total. The lowest BCUT2D eigenvalue weighted by atomic mass is 10.2. The number of carbonyl (C=O) groups is 1. The second-order valence-electron chi connectivity index (χ2n) is 4.63. The zero-order chi connectivity index (χ0) is 15.2. The summed E-state index contributed by atoms with van der Waals surface area (Å²) in [5.41, 5.74) is 1.26. The number of halogens is 1. The van der Waals surface area contributed by atoms with Crippen LogP contribution in [0.3, 0.4) is 0 Å². The molecule has 1 unspecified atom stereocenters. The second kappa shape index (κ2) is 7.14. The highest BCUT2D eigenvalue weighted by Crippen LogP contribution is 2.24. The summed E-state index contributed by atoms with van der Waals surface area (Å²) >= 11 is 6.11. The minimum atomic E-state index is -0.0979. The first-order valence-electron chi connectivity index (χ1n) is 6.66. The number of carbonyl (C=O) groups excluding carboxylic acids is 1. The van der Waals surface area contributed by atoms with Gasteiger partial charge >= 0.3 is 0 Å². The second-order valence-corrected chi connectivity index (χ2v) is 5.04. The maximum Gasteiger partial charge on any atom is 0.225 e. The molecule has 1 aromatic heterocycles. The van der Waals surface area contributed by atoms with Crippen molar-refractivity contribution in [3.63, 3.8) is 0 Å². The van der Waals surface area contributed by atoms with Crippen LogP contribution in [-0.2, 0) is 4.79 Å². The maximum absolute atomic E-state index is 12.0. The van der Waals surface area contributed by atoms with Gasteiger partial charge in [0, 0.05) is 12.5 Å². The molecule has 0 radical (unpaired) electrons. The molecule has 0 aliphatic heterocycles. The molecule has 1 aromatic carbocycles. The SMILES string of the molecule is CCNC(C)CC(=O)Nc1cc(-n2cnnn2)ccc1Cl. The van der Waals surface area contributed by atoms with E-state index in [0.717, 1.165) is 12.2 Å². The van der Waals surface area contributed by atoms with E-state index < -0.39 is 0 Å². The fourth-order valence-corrected chi connectivity index (χ4v) is 2.10. The van der Waals surface area contributed by atoms with E-state index in [9.17, 15) is 4.79 Å². The van der Waals surface area contributed by atoms with Gasteiger partial charge in [-0.15, -0.1) is 5.10 Å². The standard InChI is InChI=1S/C13H17ClN6O/c1-3-15-9(2)6-13(21)17-12-7-10(4-5-11(12)14)20-8-16-18-19-20/h4-5,7-9,15H,3,6H2,1-2H3,(H,17,21). The highest BCUT2D eigenvalue weighted by molar-refractivity contribution is 6.33. The third-order valence-corrected chi connectivity index (χ3v) is 3.21. The molecule has 0 saturated carbocycles. The Kier molecular flexibility index (Phi) is 5.24. The normalized spacial score (nSPS) is 12.1. The summed E-state index contributed by atoms with van der Waals surface area (Å²) in [7, 11) is 0. The summed E-state index contributed by atoms with van der Waals surface area (Å²) in [5.74, 6) is -0.0979. The topological polar surface area (TPSA) is 84.7 Å². The summed E-state index contributed by atoms with van der Waals surface area (Å²) in [6.07, 6.45) is 1.85. The van der Waals surface area contributed by atoms with Gasteiger partial charge in [0.05, 0.1) is 16.4 Å². The zero-order valence-corrected chi connectivity index (χ0v) is 12.6. The van der Waals surface area contributed by atoms with E-state index in [1.807, 2.05) is 13.8 Å². The summed E-state index contributed by atoms with van der Waals surface area (Å²) < 4.78 is 1.49. The van der Waals surface area contributed by atoms with Gasteiger partial charge in [0.1, 0.15) is 6.33 Å². The lowest BCUT2D eigenvalue weighted by Gasteiger charge is -2.13. The fourth-order valence-electron chi connectivity index (χ4n) is 1.93. The van der Waals surface area contributed by atoms with Crippen LogP contribution in [-0.4, -0.2) is 38.7 Å². The molecular weight excluding hydrogens is 292 g/mol. The predicted octanol–water partition coefficient (Wildman–Crippen LogP) is 1.64. The molecule has 2 aromatic rings. The van der Waals surface area contributed by atoms with Crippen LogP contribution in [0.2, 0.25) is 5.02 Å². The van der Waals surface area contributed by atoms with E-state index in [1.165, 1.54) is 11.0 Å². The van der Waals surface area contributed by atoms with Gasteiger partial charge in [-0.05, 0) is 42.1 Å². The van der Waals surface area contributed by atoms with E-state index in [-0.39, 0.29) is 11.9 Å². The van der Waals surface area contributed by atoms with Gasteiger partial charge in [0.15, 0.2) is 0 Å². The molecule has 2 rings (SSSR count). The molecular formula is C13H17ClN6O. The Labute approximate surface area is 127 Å². The monoisotopic (exact) mass is 308 g/mol. The van der Waals surface area contributed by atoms with Crippen LogP contribution in [0.4, 0.5) is 5.69 Å². The van der Waals surface area contributed by atoms with Crippen LogP contribution in [0.1, 0.15) is 20.3 Å². The quantitative estimate of drug-likeness (QED) is 0.847. The Morgan fingerprint density at radius 1 is 1.48 bits per heavy atom. The van der Waals surface area contributed by atoms with Crippen molar-refractivity contribution in [1.82, 2.24) is 25.5 Å². The maximum atomic E-state index is 12.0. The largest absolute Gasteiger partial charge is 0.325 e. The minimum absolute atomic E-state index is 0.0979. The average Bonchev–Trinajstić information content (AvgIpc) is 2.95. The van der Waals surface area contributed by atoms with Crippen molar-refractivity contribution in [2.24, 2.45) is 0 Å². The Morgan fingerprint density at radius 2 is 2.29 bits per heavy atom. The van der Waals surface area contributed by atoms with Crippen molar-refractivity contribution in [1.29, 1.82) is 0 Å². The third kappa shape index (κ3) is 4.24. The smallest absolute Gasteiger partial charge is 0.225 e. The number of benzene rings is 1. The van der Waals surface area contributed by atoms with E-state index in [1.54, 1.807) is 18.2 Å². The number of nitrogens with zero attached hydrogens (tertiary/aromatic N) is 4. The number of rotatable bonds is 6. The molecule has 8 heteroatoms. The van der Waals surface area contributed by atoms with Crippen LogP contribution in [0.25, 0.3) is 5.69 Å². The molecule has 0 saturated heterocycles. The summed E-state index contributed by atoms with van der Waals surface area (Å²) in [6.45, 7) is 4.78. The van der Waals surface area contributed by atoms with E-state index in [4.69, 9.17) is 11.6 Å². The van der Waals surface area contributed by atoms with E-state index >= 15 is 0 Å².